The molecule has 0 radical (unpaired) electrons. The van der Waals surface area contributed by atoms with Gasteiger partial charge in [0, 0.05) is 25.6 Å². The summed E-state index contributed by atoms with van der Waals surface area (Å²) in [7, 11) is 0. The maximum atomic E-state index is 5.84. The number of ether oxygens (including phenoxy) is 1. The molecular formula is C18H20N2O. The summed E-state index contributed by atoms with van der Waals surface area (Å²) in [5, 5.41) is 3.35. The molecule has 21 heavy (non-hydrogen) atoms. The zero-order chi connectivity index (χ0) is 14.9. The van der Waals surface area contributed by atoms with Gasteiger partial charge in [0.25, 0.3) is 0 Å². The SMILES string of the molecule is C#CCCNC(CN)c1cccc(Oc2ccccc2)c1. The van der Waals surface area contributed by atoms with Gasteiger partial charge in [-0.2, -0.15) is 0 Å². The van der Waals surface area contributed by atoms with E-state index >= 15 is 0 Å². The van der Waals surface area contributed by atoms with Crippen LogP contribution in [0.2, 0.25) is 0 Å². The third-order valence-corrected chi connectivity index (χ3v) is 3.14. The van der Waals surface area contributed by atoms with Crippen LogP contribution in [0.3, 0.4) is 0 Å². The van der Waals surface area contributed by atoms with Gasteiger partial charge in [-0.15, -0.1) is 12.3 Å². The molecule has 2 aromatic carbocycles. The van der Waals surface area contributed by atoms with Gasteiger partial charge in [-0.3, -0.25) is 0 Å². The molecule has 2 aromatic rings. The minimum absolute atomic E-state index is 0.0812. The summed E-state index contributed by atoms with van der Waals surface area (Å²) in [4.78, 5) is 0. The van der Waals surface area contributed by atoms with Crippen molar-refractivity contribution < 1.29 is 4.74 Å². The second-order valence-corrected chi connectivity index (χ2v) is 4.68. The van der Waals surface area contributed by atoms with Crippen LogP contribution in [0, 0.1) is 12.3 Å². The number of nitrogens with two attached hydrogens (primary N) is 1. The number of nitrogens with one attached hydrogen (secondary N) is 1. The van der Waals surface area contributed by atoms with Crippen LogP contribution in [-0.4, -0.2) is 13.1 Å². The van der Waals surface area contributed by atoms with Crippen LogP contribution in [0.15, 0.2) is 54.6 Å². The monoisotopic (exact) mass is 280 g/mol. The molecule has 0 aliphatic carbocycles. The van der Waals surface area contributed by atoms with Crippen LogP contribution in [-0.2, 0) is 0 Å². The maximum Gasteiger partial charge on any atom is 0.127 e. The Labute approximate surface area is 126 Å². The van der Waals surface area contributed by atoms with Crippen molar-refractivity contribution in [2.24, 2.45) is 5.73 Å². The van der Waals surface area contributed by atoms with Crippen LogP contribution >= 0.6 is 0 Å². The molecule has 1 unspecified atom stereocenters. The first-order valence-corrected chi connectivity index (χ1v) is 7.03. The van der Waals surface area contributed by atoms with Crippen molar-refractivity contribution >= 4 is 0 Å². The molecule has 0 saturated carbocycles. The second kappa shape index (κ2) is 8.11. The average Bonchev–Trinajstić information content (AvgIpc) is 2.53. The molecule has 0 fully saturated rings. The highest BCUT2D eigenvalue weighted by Crippen LogP contribution is 2.24. The van der Waals surface area contributed by atoms with Crippen molar-refractivity contribution in [1.29, 1.82) is 0 Å². The summed E-state index contributed by atoms with van der Waals surface area (Å²) in [5.74, 6) is 4.24. The van der Waals surface area contributed by atoms with Crippen molar-refractivity contribution in [2.75, 3.05) is 13.1 Å². The fraction of sp³-hybridized carbons (Fsp3) is 0.222. The van der Waals surface area contributed by atoms with E-state index in [4.69, 9.17) is 16.9 Å². The van der Waals surface area contributed by atoms with Gasteiger partial charge >= 0.3 is 0 Å². The van der Waals surface area contributed by atoms with Gasteiger partial charge < -0.3 is 15.8 Å². The Morgan fingerprint density at radius 1 is 1.10 bits per heavy atom. The number of para-hydroxylation sites is 1. The third-order valence-electron chi connectivity index (χ3n) is 3.14. The molecule has 1 atom stereocenters. The molecule has 108 valence electrons. The molecule has 0 aromatic heterocycles. The lowest BCUT2D eigenvalue weighted by Crippen LogP contribution is -2.28. The summed E-state index contributed by atoms with van der Waals surface area (Å²) >= 11 is 0. The van der Waals surface area contributed by atoms with Gasteiger partial charge in [0.05, 0.1) is 0 Å². The Morgan fingerprint density at radius 2 is 1.86 bits per heavy atom. The lowest BCUT2D eigenvalue weighted by molar-refractivity contribution is 0.478. The zero-order valence-corrected chi connectivity index (χ0v) is 12.0. The maximum absolute atomic E-state index is 5.84. The molecule has 0 aliphatic rings. The molecule has 0 saturated heterocycles. The van der Waals surface area contributed by atoms with E-state index in [1.54, 1.807) is 0 Å². The van der Waals surface area contributed by atoms with Gasteiger partial charge in [0.2, 0.25) is 0 Å². The first-order chi connectivity index (χ1) is 10.3. The lowest BCUT2D eigenvalue weighted by Gasteiger charge is -2.17. The van der Waals surface area contributed by atoms with Crippen LogP contribution in [0.4, 0.5) is 0 Å². The van der Waals surface area contributed by atoms with Crippen LogP contribution in [0.1, 0.15) is 18.0 Å². The predicted molar refractivity (Wildman–Crippen MR) is 86.2 cm³/mol. The minimum atomic E-state index is 0.0812. The quantitative estimate of drug-likeness (QED) is 0.605. The van der Waals surface area contributed by atoms with Crippen LogP contribution in [0.5, 0.6) is 11.5 Å². The number of benzene rings is 2. The standard InChI is InChI=1S/C18H20N2O/c1-2-3-12-20-18(14-19)15-8-7-11-17(13-15)21-16-9-5-4-6-10-16/h1,4-11,13,18,20H,3,12,14,19H2. The fourth-order valence-electron chi connectivity index (χ4n) is 2.08. The third kappa shape index (κ3) is 4.64. The topological polar surface area (TPSA) is 47.3 Å². The van der Waals surface area contributed by atoms with E-state index in [2.05, 4.69) is 11.2 Å². The molecule has 0 heterocycles. The molecule has 0 amide bonds. The van der Waals surface area contributed by atoms with Crippen molar-refractivity contribution in [3.63, 3.8) is 0 Å². The molecule has 0 bridgehead atoms. The van der Waals surface area contributed by atoms with Gasteiger partial charge in [0.1, 0.15) is 11.5 Å². The summed E-state index contributed by atoms with van der Waals surface area (Å²) in [5.41, 5.74) is 6.93. The number of hydrogen-bond donors (Lipinski definition) is 2. The highest BCUT2D eigenvalue weighted by molar-refractivity contribution is 5.35. The van der Waals surface area contributed by atoms with E-state index in [-0.39, 0.29) is 6.04 Å². The molecule has 0 aliphatic heterocycles. The highest BCUT2D eigenvalue weighted by atomic mass is 16.5. The van der Waals surface area contributed by atoms with Crippen molar-refractivity contribution in [3.05, 3.63) is 60.2 Å². The van der Waals surface area contributed by atoms with E-state index in [1.165, 1.54) is 0 Å². The normalized spacial score (nSPS) is 11.6. The number of hydrogen-bond acceptors (Lipinski definition) is 3. The summed E-state index contributed by atoms with van der Waals surface area (Å²) < 4.78 is 5.84. The molecule has 3 nitrogen and oxygen atoms in total. The first-order valence-electron chi connectivity index (χ1n) is 7.03. The fourth-order valence-corrected chi connectivity index (χ4v) is 2.08. The summed E-state index contributed by atoms with van der Waals surface area (Å²) in [6, 6.07) is 17.8. The van der Waals surface area contributed by atoms with Gasteiger partial charge in [0.15, 0.2) is 0 Å². The largest absolute Gasteiger partial charge is 0.457 e. The number of terminal acetylenes is 1. The van der Waals surface area contributed by atoms with E-state index in [9.17, 15) is 0 Å². The Kier molecular flexibility index (Phi) is 5.83. The summed E-state index contributed by atoms with van der Waals surface area (Å²) in [6.45, 7) is 1.27. The Hall–Kier alpha value is -2.28. The van der Waals surface area contributed by atoms with Crippen LogP contribution in [0.25, 0.3) is 0 Å². The minimum Gasteiger partial charge on any atom is -0.457 e. The number of rotatable bonds is 7. The van der Waals surface area contributed by atoms with Crippen molar-refractivity contribution in [3.8, 4) is 23.8 Å². The summed E-state index contributed by atoms with van der Waals surface area (Å²) in [6.07, 6.45) is 5.95. The predicted octanol–water partition coefficient (Wildman–Crippen LogP) is 3.09. The Morgan fingerprint density at radius 3 is 2.57 bits per heavy atom. The average molecular weight is 280 g/mol. The van der Waals surface area contributed by atoms with Gasteiger partial charge in [-0.05, 0) is 29.8 Å². The molecule has 2 rings (SSSR count). The smallest absolute Gasteiger partial charge is 0.127 e. The Bertz CT molecular complexity index is 590. The van der Waals surface area contributed by atoms with Gasteiger partial charge in [-0.1, -0.05) is 30.3 Å². The second-order valence-electron chi connectivity index (χ2n) is 4.68. The molecule has 3 heteroatoms. The Balaban J connectivity index is 2.07. The lowest BCUT2D eigenvalue weighted by atomic mass is 10.1. The van der Waals surface area contributed by atoms with E-state index in [1.807, 2.05) is 54.6 Å². The van der Waals surface area contributed by atoms with Crippen molar-refractivity contribution in [1.82, 2.24) is 5.32 Å². The van der Waals surface area contributed by atoms with Crippen molar-refractivity contribution in [2.45, 2.75) is 12.5 Å². The molecular weight excluding hydrogens is 260 g/mol. The highest BCUT2D eigenvalue weighted by Gasteiger charge is 2.09. The first kappa shape index (κ1) is 15.1. The van der Waals surface area contributed by atoms with E-state index in [0.29, 0.717) is 13.0 Å². The van der Waals surface area contributed by atoms with E-state index < -0.39 is 0 Å². The van der Waals surface area contributed by atoms with Crippen LogP contribution < -0.4 is 15.8 Å². The zero-order valence-electron chi connectivity index (χ0n) is 12.0. The van der Waals surface area contributed by atoms with E-state index in [0.717, 1.165) is 23.6 Å². The molecule has 3 N–H and O–H groups in total. The molecule has 0 spiro atoms. The van der Waals surface area contributed by atoms with Gasteiger partial charge in [-0.25, -0.2) is 0 Å².